The van der Waals surface area contributed by atoms with Crippen molar-refractivity contribution in [3.8, 4) is 0 Å². The number of aryl methyl sites for hydroxylation is 1. The van der Waals surface area contributed by atoms with E-state index in [-0.39, 0.29) is 23.5 Å². The zero-order chi connectivity index (χ0) is 20.8. The Kier molecular flexibility index (Phi) is 4.92. The van der Waals surface area contributed by atoms with Gasteiger partial charge in [0.2, 0.25) is 11.8 Å². The molecule has 160 valence electrons. The average Bonchev–Trinajstić information content (AvgIpc) is 3.14. The fourth-order valence-electron chi connectivity index (χ4n) is 4.28. The van der Waals surface area contributed by atoms with Crippen LogP contribution < -0.4 is 5.32 Å². The van der Waals surface area contributed by atoms with Gasteiger partial charge in [-0.15, -0.1) is 10.2 Å². The van der Waals surface area contributed by atoms with Gasteiger partial charge >= 0.3 is 12.1 Å². The van der Waals surface area contributed by atoms with E-state index in [0.29, 0.717) is 31.3 Å². The van der Waals surface area contributed by atoms with Crippen LogP contribution in [0, 0.1) is 5.41 Å². The Morgan fingerprint density at radius 3 is 2.79 bits per heavy atom. The van der Waals surface area contributed by atoms with Crippen molar-refractivity contribution in [3.05, 3.63) is 11.8 Å². The van der Waals surface area contributed by atoms with Crippen molar-refractivity contribution in [1.29, 1.82) is 0 Å². The molecule has 1 aromatic heterocycles. The van der Waals surface area contributed by atoms with Crippen LogP contribution in [-0.2, 0) is 11.2 Å². The third kappa shape index (κ3) is 4.03. The zero-order valence-electron chi connectivity index (χ0n) is 17.2. The van der Waals surface area contributed by atoms with Gasteiger partial charge in [-0.1, -0.05) is 0 Å². The number of amides is 3. The Hall–Kier alpha value is -2.36. The number of aromatic nitrogens is 2. The number of nitrogens with zero attached hydrogens (tertiary/aromatic N) is 4. The molecule has 4 rings (SSSR count). The molecule has 1 aromatic rings. The van der Waals surface area contributed by atoms with Crippen molar-refractivity contribution in [2.75, 3.05) is 13.1 Å². The van der Waals surface area contributed by atoms with E-state index < -0.39 is 11.7 Å². The van der Waals surface area contributed by atoms with Crippen molar-refractivity contribution in [2.45, 2.75) is 77.0 Å². The number of carbonyl (C=O) groups is 2. The van der Waals surface area contributed by atoms with Crippen LogP contribution in [0.4, 0.5) is 9.59 Å². The topological polar surface area (TPSA) is 121 Å². The first-order valence-electron chi connectivity index (χ1n) is 10.3. The molecular formula is C19H29N5O5. The SMILES string of the molecule is CC(C)(C)OC(=O)NCCCCc1nnc([C@@H]2CC3(CC3)[C@@H]3CN2C(=O)N3O)o1. The fourth-order valence-corrected chi connectivity index (χ4v) is 4.28. The van der Waals surface area contributed by atoms with Crippen LogP contribution >= 0.6 is 0 Å². The average molecular weight is 407 g/mol. The van der Waals surface area contributed by atoms with Crippen LogP contribution in [0.25, 0.3) is 0 Å². The van der Waals surface area contributed by atoms with Crippen molar-refractivity contribution in [1.82, 2.24) is 25.5 Å². The van der Waals surface area contributed by atoms with Gasteiger partial charge in [0, 0.05) is 19.5 Å². The number of alkyl carbamates (subject to hydrolysis) is 1. The highest BCUT2D eigenvalue weighted by atomic mass is 16.6. The molecule has 1 aliphatic carbocycles. The molecule has 0 aromatic carbocycles. The molecule has 2 bridgehead atoms. The monoisotopic (exact) mass is 407 g/mol. The molecule has 2 aliphatic heterocycles. The van der Waals surface area contributed by atoms with Gasteiger partial charge in [-0.25, -0.2) is 14.7 Å². The Morgan fingerprint density at radius 1 is 1.34 bits per heavy atom. The third-order valence-corrected chi connectivity index (χ3v) is 5.93. The molecular weight excluding hydrogens is 378 g/mol. The summed E-state index contributed by atoms with van der Waals surface area (Å²) in [6.45, 7) is 6.49. The Labute approximate surface area is 169 Å². The number of urea groups is 1. The Balaban J connectivity index is 1.26. The summed E-state index contributed by atoms with van der Waals surface area (Å²) in [5.41, 5.74) is -0.518. The Morgan fingerprint density at radius 2 is 2.10 bits per heavy atom. The van der Waals surface area contributed by atoms with Crippen molar-refractivity contribution in [2.24, 2.45) is 5.41 Å². The minimum Gasteiger partial charge on any atom is -0.444 e. The van der Waals surface area contributed by atoms with E-state index in [1.54, 1.807) is 4.90 Å². The van der Waals surface area contributed by atoms with E-state index >= 15 is 0 Å². The smallest absolute Gasteiger partial charge is 0.407 e. The van der Waals surface area contributed by atoms with Crippen LogP contribution in [0.3, 0.4) is 0 Å². The summed E-state index contributed by atoms with van der Waals surface area (Å²) in [6.07, 6.45) is 4.49. The van der Waals surface area contributed by atoms with E-state index in [0.717, 1.165) is 37.2 Å². The number of rotatable bonds is 6. The van der Waals surface area contributed by atoms with Crippen LogP contribution in [0.1, 0.15) is 70.7 Å². The number of nitrogens with one attached hydrogen (secondary N) is 1. The molecule has 10 nitrogen and oxygen atoms in total. The first kappa shape index (κ1) is 19.9. The fraction of sp³-hybridized carbons (Fsp3) is 0.789. The standard InChI is InChI=1S/C19H29N5O5/c1-18(2,3)29-16(25)20-9-5-4-6-14-21-22-15(28-14)12-10-19(7-8-19)13-11-23(12)17(26)24(13)27/h12-13,27H,4-11H2,1-3H3,(H,20,25)/t12-,13-/m0/s1. The summed E-state index contributed by atoms with van der Waals surface area (Å²) < 4.78 is 11.0. The lowest BCUT2D eigenvalue weighted by atomic mass is 9.85. The first-order valence-corrected chi connectivity index (χ1v) is 10.3. The van der Waals surface area contributed by atoms with Gasteiger partial charge in [-0.2, -0.15) is 0 Å². The number of carbonyl (C=O) groups excluding carboxylic acids is 2. The van der Waals surface area contributed by atoms with Crippen LogP contribution in [0.15, 0.2) is 4.42 Å². The first-order chi connectivity index (χ1) is 13.7. The molecule has 29 heavy (non-hydrogen) atoms. The predicted molar refractivity (Wildman–Crippen MR) is 100 cm³/mol. The Bertz CT molecular complexity index is 784. The summed E-state index contributed by atoms with van der Waals surface area (Å²) in [4.78, 5) is 25.6. The summed E-state index contributed by atoms with van der Waals surface area (Å²) >= 11 is 0. The molecule has 2 N–H and O–H groups in total. The van der Waals surface area contributed by atoms with Gasteiger partial charge in [-0.05, 0) is 58.3 Å². The molecule has 3 fully saturated rings. The number of unbranched alkanes of at least 4 members (excludes halogenated alkanes) is 1. The molecule has 3 aliphatic rings. The van der Waals surface area contributed by atoms with Gasteiger partial charge < -0.3 is 19.4 Å². The van der Waals surface area contributed by atoms with E-state index in [1.807, 2.05) is 20.8 Å². The van der Waals surface area contributed by atoms with Crippen molar-refractivity contribution < 1.29 is 24.0 Å². The van der Waals surface area contributed by atoms with Gasteiger partial charge in [0.25, 0.3) is 0 Å². The van der Waals surface area contributed by atoms with Crippen LogP contribution in [0.2, 0.25) is 0 Å². The highest BCUT2D eigenvalue weighted by Gasteiger charge is 2.63. The molecule has 2 atom stereocenters. The van der Waals surface area contributed by atoms with Gasteiger partial charge in [0.1, 0.15) is 11.6 Å². The highest BCUT2D eigenvalue weighted by molar-refractivity contribution is 5.77. The lowest BCUT2D eigenvalue weighted by Crippen LogP contribution is -2.41. The molecule has 3 amide bonds. The maximum Gasteiger partial charge on any atom is 0.407 e. The zero-order valence-corrected chi connectivity index (χ0v) is 17.2. The van der Waals surface area contributed by atoms with E-state index in [1.165, 1.54) is 0 Å². The van der Waals surface area contributed by atoms with Crippen LogP contribution in [-0.4, -0.2) is 62.2 Å². The third-order valence-electron chi connectivity index (χ3n) is 5.93. The van der Waals surface area contributed by atoms with E-state index in [9.17, 15) is 14.8 Å². The molecule has 3 heterocycles. The second-order valence-electron chi connectivity index (χ2n) is 9.30. The second-order valence-corrected chi connectivity index (χ2v) is 9.30. The summed E-state index contributed by atoms with van der Waals surface area (Å²) in [7, 11) is 0. The second kappa shape index (κ2) is 7.16. The largest absolute Gasteiger partial charge is 0.444 e. The van der Waals surface area contributed by atoms with Gasteiger partial charge in [-0.3, -0.25) is 5.21 Å². The van der Waals surface area contributed by atoms with E-state index in [2.05, 4.69) is 15.5 Å². The molecule has 10 heteroatoms. The number of fused-ring (bicyclic) bond motifs is 3. The van der Waals surface area contributed by atoms with Gasteiger partial charge in [0.05, 0.1) is 6.04 Å². The quantitative estimate of drug-likeness (QED) is 0.549. The van der Waals surface area contributed by atoms with Crippen molar-refractivity contribution >= 4 is 12.1 Å². The number of hydroxylamine groups is 2. The molecule has 2 saturated heterocycles. The maximum absolute atomic E-state index is 12.3. The molecule has 0 radical (unpaired) electrons. The number of ether oxygens (including phenoxy) is 1. The van der Waals surface area contributed by atoms with E-state index in [4.69, 9.17) is 9.15 Å². The van der Waals surface area contributed by atoms with Crippen molar-refractivity contribution in [3.63, 3.8) is 0 Å². The molecule has 1 saturated carbocycles. The molecule has 1 spiro atoms. The minimum atomic E-state index is -0.508. The summed E-state index contributed by atoms with van der Waals surface area (Å²) in [6, 6.07) is -0.767. The lowest BCUT2D eigenvalue weighted by molar-refractivity contribution is -0.0783. The molecule has 0 unspecified atom stereocenters. The van der Waals surface area contributed by atoms with Crippen LogP contribution in [0.5, 0.6) is 0 Å². The summed E-state index contributed by atoms with van der Waals surface area (Å²) in [5.74, 6) is 0.969. The number of hydrogen-bond acceptors (Lipinski definition) is 7. The number of piperidine rings is 1. The van der Waals surface area contributed by atoms with Gasteiger partial charge in [0.15, 0.2) is 0 Å². The highest BCUT2D eigenvalue weighted by Crippen LogP contribution is 2.61. The predicted octanol–water partition coefficient (Wildman–Crippen LogP) is 2.64. The number of hydrogen-bond donors (Lipinski definition) is 2. The normalized spacial score (nSPS) is 24.9. The lowest BCUT2D eigenvalue weighted by Gasteiger charge is -2.34. The minimum absolute atomic E-state index is 0.00988. The maximum atomic E-state index is 12.3. The summed E-state index contributed by atoms with van der Waals surface area (Å²) in [5, 5.41) is 22.0.